The van der Waals surface area contributed by atoms with E-state index in [1.165, 1.54) is 26.2 Å². The first kappa shape index (κ1) is 20.4. The highest BCUT2D eigenvalue weighted by Crippen LogP contribution is 2.15. The molecule has 4 N–H and O–H groups in total. The molecular formula is C18H22N4O4S. The molecule has 9 heteroatoms. The van der Waals surface area contributed by atoms with Gasteiger partial charge < -0.3 is 16.0 Å². The predicted octanol–water partition coefficient (Wildman–Crippen LogP) is 1.92. The number of carbonyl (C=O) groups is 2. The summed E-state index contributed by atoms with van der Waals surface area (Å²) in [7, 11) is -0.579. The Bertz CT molecular complexity index is 894. The summed E-state index contributed by atoms with van der Waals surface area (Å²) in [4.78, 5) is 23.5. The van der Waals surface area contributed by atoms with E-state index in [2.05, 4.69) is 20.7 Å². The van der Waals surface area contributed by atoms with Crippen molar-refractivity contribution < 1.29 is 18.0 Å². The van der Waals surface area contributed by atoms with Gasteiger partial charge in [-0.05, 0) is 55.4 Å². The van der Waals surface area contributed by atoms with Crippen LogP contribution in [0.3, 0.4) is 0 Å². The molecule has 0 heterocycles. The standard InChI is InChI=1S/C18H22N4O4S/c1-19-18(24)22-15-8-6-14(7-9-15)21-17(23)12-5-13-3-10-16(11-4-13)27(25,26)20-2/h3-4,6-11,20H,5,12H2,1-2H3,(H,21,23)(H2,19,22,24). The molecule has 2 rings (SSSR count). The molecule has 0 aliphatic carbocycles. The number of nitrogens with one attached hydrogen (secondary N) is 4. The van der Waals surface area contributed by atoms with Gasteiger partial charge in [-0.3, -0.25) is 4.79 Å². The molecule has 0 unspecified atom stereocenters. The van der Waals surface area contributed by atoms with Crippen LogP contribution < -0.4 is 20.7 Å². The Hall–Kier alpha value is -2.91. The fourth-order valence-corrected chi connectivity index (χ4v) is 3.00. The van der Waals surface area contributed by atoms with Crippen LogP contribution >= 0.6 is 0 Å². The van der Waals surface area contributed by atoms with Gasteiger partial charge in [0.15, 0.2) is 0 Å². The number of anilines is 2. The number of amides is 3. The minimum atomic E-state index is -3.46. The Morgan fingerprint density at radius 1 is 0.852 bits per heavy atom. The van der Waals surface area contributed by atoms with Crippen molar-refractivity contribution in [1.82, 2.24) is 10.0 Å². The van der Waals surface area contributed by atoms with Gasteiger partial charge in [0.1, 0.15) is 0 Å². The summed E-state index contributed by atoms with van der Waals surface area (Å²) < 4.78 is 25.6. The second-order valence-electron chi connectivity index (χ2n) is 5.68. The minimum absolute atomic E-state index is 0.158. The van der Waals surface area contributed by atoms with Gasteiger partial charge in [0.05, 0.1) is 4.90 Å². The van der Waals surface area contributed by atoms with E-state index in [0.29, 0.717) is 17.8 Å². The summed E-state index contributed by atoms with van der Waals surface area (Å²) in [5, 5.41) is 7.86. The molecule has 3 amide bonds. The second kappa shape index (κ2) is 9.15. The van der Waals surface area contributed by atoms with E-state index in [4.69, 9.17) is 0 Å². The Morgan fingerprint density at radius 2 is 1.41 bits per heavy atom. The average Bonchev–Trinajstić information content (AvgIpc) is 2.68. The van der Waals surface area contributed by atoms with Crippen molar-refractivity contribution in [2.75, 3.05) is 24.7 Å². The maximum Gasteiger partial charge on any atom is 0.318 e. The Labute approximate surface area is 158 Å². The van der Waals surface area contributed by atoms with Crippen molar-refractivity contribution >= 4 is 33.3 Å². The summed E-state index contributed by atoms with van der Waals surface area (Å²) in [5.41, 5.74) is 2.10. The SMILES string of the molecule is CNC(=O)Nc1ccc(NC(=O)CCc2ccc(S(=O)(=O)NC)cc2)cc1. The van der Waals surface area contributed by atoms with Crippen molar-refractivity contribution in [2.45, 2.75) is 17.7 Å². The van der Waals surface area contributed by atoms with Crippen LogP contribution in [0.5, 0.6) is 0 Å². The quantitative estimate of drug-likeness (QED) is 0.578. The number of carbonyl (C=O) groups excluding carboxylic acids is 2. The number of aryl methyl sites for hydroxylation is 1. The maximum atomic E-state index is 12.1. The Balaban J connectivity index is 1.86. The van der Waals surface area contributed by atoms with Crippen LogP contribution in [0.1, 0.15) is 12.0 Å². The van der Waals surface area contributed by atoms with Crippen LogP contribution in [0.2, 0.25) is 0 Å². The van der Waals surface area contributed by atoms with Crippen LogP contribution in [0.25, 0.3) is 0 Å². The van der Waals surface area contributed by atoms with Crippen molar-refractivity contribution in [3.8, 4) is 0 Å². The van der Waals surface area contributed by atoms with Gasteiger partial charge in [-0.2, -0.15) is 0 Å². The van der Waals surface area contributed by atoms with E-state index < -0.39 is 10.0 Å². The van der Waals surface area contributed by atoms with Gasteiger partial charge in [-0.1, -0.05) is 12.1 Å². The Morgan fingerprint density at radius 3 is 1.93 bits per heavy atom. The second-order valence-corrected chi connectivity index (χ2v) is 7.57. The number of hydrogen-bond donors (Lipinski definition) is 4. The maximum absolute atomic E-state index is 12.1. The molecule has 0 aliphatic rings. The van der Waals surface area contributed by atoms with E-state index in [0.717, 1.165) is 5.56 Å². The van der Waals surface area contributed by atoms with Gasteiger partial charge in [0.2, 0.25) is 15.9 Å². The highest BCUT2D eigenvalue weighted by molar-refractivity contribution is 7.89. The smallest absolute Gasteiger partial charge is 0.318 e. The van der Waals surface area contributed by atoms with Gasteiger partial charge in [-0.25, -0.2) is 17.9 Å². The predicted molar refractivity (Wildman–Crippen MR) is 104 cm³/mol. The van der Waals surface area contributed by atoms with E-state index in [1.807, 2.05) is 0 Å². The molecule has 0 saturated heterocycles. The van der Waals surface area contributed by atoms with E-state index in [-0.39, 0.29) is 23.3 Å². The zero-order valence-corrected chi connectivity index (χ0v) is 15.9. The number of benzene rings is 2. The van der Waals surface area contributed by atoms with Crippen molar-refractivity contribution in [3.63, 3.8) is 0 Å². The fourth-order valence-electron chi connectivity index (χ4n) is 2.26. The fraction of sp³-hybridized carbons (Fsp3) is 0.222. The largest absolute Gasteiger partial charge is 0.341 e. The molecule has 144 valence electrons. The zero-order chi connectivity index (χ0) is 19.9. The van der Waals surface area contributed by atoms with Crippen molar-refractivity contribution in [1.29, 1.82) is 0 Å². The first-order valence-electron chi connectivity index (χ1n) is 8.25. The number of sulfonamides is 1. The number of urea groups is 1. The molecule has 2 aromatic rings. The summed E-state index contributed by atoms with van der Waals surface area (Å²) in [6, 6.07) is 12.8. The lowest BCUT2D eigenvalue weighted by Gasteiger charge is -2.08. The number of rotatable bonds is 7. The lowest BCUT2D eigenvalue weighted by atomic mass is 10.1. The Kier molecular flexibility index (Phi) is 6.91. The molecule has 0 saturated carbocycles. The van der Waals surface area contributed by atoms with Crippen LogP contribution in [-0.2, 0) is 21.2 Å². The lowest BCUT2D eigenvalue weighted by molar-refractivity contribution is -0.116. The minimum Gasteiger partial charge on any atom is -0.341 e. The molecule has 27 heavy (non-hydrogen) atoms. The van der Waals surface area contributed by atoms with Gasteiger partial charge in [0.25, 0.3) is 0 Å². The molecule has 0 spiro atoms. The average molecular weight is 390 g/mol. The van der Waals surface area contributed by atoms with Gasteiger partial charge in [0, 0.05) is 24.8 Å². The van der Waals surface area contributed by atoms with Crippen molar-refractivity contribution in [2.24, 2.45) is 0 Å². The highest BCUT2D eigenvalue weighted by Gasteiger charge is 2.11. The summed E-state index contributed by atoms with van der Waals surface area (Å²) in [6.45, 7) is 0. The van der Waals surface area contributed by atoms with Crippen LogP contribution in [-0.4, -0.2) is 34.5 Å². The van der Waals surface area contributed by atoms with Gasteiger partial charge >= 0.3 is 6.03 Å². The monoisotopic (exact) mass is 390 g/mol. The van der Waals surface area contributed by atoms with Crippen LogP contribution in [0, 0.1) is 0 Å². The topological polar surface area (TPSA) is 116 Å². The molecule has 2 aromatic carbocycles. The molecule has 0 aliphatic heterocycles. The van der Waals surface area contributed by atoms with Crippen LogP contribution in [0.15, 0.2) is 53.4 Å². The highest BCUT2D eigenvalue weighted by atomic mass is 32.2. The third-order valence-corrected chi connectivity index (χ3v) is 5.23. The first-order valence-corrected chi connectivity index (χ1v) is 9.73. The summed E-state index contributed by atoms with van der Waals surface area (Å²) >= 11 is 0. The molecule has 0 radical (unpaired) electrons. The third-order valence-electron chi connectivity index (χ3n) is 3.80. The van der Waals surface area contributed by atoms with E-state index in [9.17, 15) is 18.0 Å². The van der Waals surface area contributed by atoms with E-state index in [1.54, 1.807) is 36.4 Å². The molecule has 0 fully saturated rings. The zero-order valence-electron chi connectivity index (χ0n) is 15.1. The van der Waals surface area contributed by atoms with E-state index >= 15 is 0 Å². The molecule has 0 bridgehead atoms. The number of hydrogen-bond acceptors (Lipinski definition) is 4. The summed E-state index contributed by atoms with van der Waals surface area (Å²) in [5.74, 6) is -0.158. The van der Waals surface area contributed by atoms with Crippen LogP contribution in [0.4, 0.5) is 16.2 Å². The third kappa shape index (κ3) is 6.08. The van der Waals surface area contributed by atoms with Gasteiger partial charge in [-0.15, -0.1) is 0 Å². The first-order chi connectivity index (χ1) is 12.8. The molecular weight excluding hydrogens is 368 g/mol. The lowest BCUT2D eigenvalue weighted by Crippen LogP contribution is -2.24. The normalized spacial score (nSPS) is 10.9. The molecule has 0 aromatic heterocycles. The summed E-state index contributed by atoms with van der Waals surface area (Å²) in [6.07, 6.45) is 0.748. The molecule has 0 atom stereocenters. The van der Waals surface area contributed by atoms with Crippen molar-refractivity contribution in [3.05, 3.63) is 54.1 Å². The molecule has 8 nitrogen and oxygen atoms in total.